The highest BCUT2D eigenvalue weighted by Gasteiger charge is 2.34. The summed E-state index contributed by atoms with van der Waals surface area (Å²) in [6, 6.07) is 6.27. The van der Waals surface area contributed by atoms with Crippen LogP contribution >= 0.6 is 0 Å². The van der Waals surface area contributed by atoms with Crippen LogP contribution in [0.2, 0.25) is 0 Å². The van der Waals surface area contributed by atoms with Crippen LogP contribution in [0.3, 0.4) is 0 Å². The molecule has 0 bridgehead atoms. The second-order valence-corrected chi connectivity index (χ2v) is 9.63. The largest absolute Gasteiger partial charge is 0.373 e. The van der Waals surface area contributed by atoms with Crippen molar-refractivity contribution >= 4 is 23.3 Å². The Morgan fingerprint density at radius 1 is 1.12 bits per heavy atom. The molecule has 2 N–H and O–H groups in total. The summed E-state index contributed by atoms with van der Waals surface area (Å²) in [5.74, 6) is -0.563. The maximum atomic E-state index is 13.1. The Balaban J connectivity index is 1.64. The van der Waals surface area contributed by atoms with Crippen molar-refractivity contribution < 1.29 is 19.1 Å². The summed E-state index contributed by atoms with van der Waals surface area (Å²) in [6.07, 6.45) is 1.22. The number of nitrogens with zero attached hydrogens (tertiary/aromatic N) is 2. The van der Waals surface area contributed by atoms with Crippen LogP contribution in [0.5, 0.6) is 0 Å². The van der Waals surface area contributed by atoms with Gasteiger partial charge >= 0.3 is 0 Å². The number of Topliss-reactive ketones (excluding diaryl/α,β-unsaturated/α-hetero) is 1. The molecule has 182 valence electrons. The maximum absolute atomic E-state index is 13.1. The summed E-state index contributed by atoms with van der Waals surface area (Å²) >= 11 is 0. The van der Waals surface area contributed by atoms with E-state index >= 15 is 0 Å². The zero-order valence-corrected chi connectivity index (χ0v) is 20.3. The van der Waals surface area contributed by atoms with Crippen molar-refractivity contribution in [1.82, 2.24) is 15.5 Å². The van der Waals surface area contributed by atoms with E-state index in [1.807, 2.05) is 45.0 Å². The summed E-state index contributed by atoms with van der Waals surface area (Å²) in [5, 5.41) is 5.79. The first-order chi connectivity index (χ1) is 15.8. The van der Waals surface area contributed by atoms with Gasteiger partial charge in [-0.15, -0.1) is 0 Å². The zero-order chi connectivity index (χ0) is 24.0. The van der Waals surface area contributed by atoms with Crippen molar-refractivity contribution in [3.05, 3.63) is 29.8 Å². The number of anilines is 1. The van der Waals surface area contributed by atoms with Crippen LogP contribution in [0, 0.1) is 11.8 Å². The smallest absolute Gasteiger partial charge is 0.251 e. The molecule has 2 aliphatic heterocycles. The molecule has 2 amide bonds. The number of ketones is 1. The van der Waals surface area contributed by atoms with E-state index in [1.54, 1.807) is 0 Å². The first-order valence-electron chi connectivity index (χ1n) is 12.0. The lowest BCUT2D eigenvalue weighted by molar-refractivity contribution is -0.138. The number of carbonyl (C=O) groups is 3. The Morgan fingerprint density at radius 2 is 1.79 bits per heavy atom. The minimum atomic E-state index is -0.706. The molecule has 1 aromatic carbocycles. The molecule has 0 radical (unpaired) electrons. The SMILES string of the molecule is CC[C@@H]1COCC(=O)[C@H]1NC(=O)[C@H](CC(C)C)NC(=O)c1ccc(N2CCN(C)CC2)cc1. The molecule has 1 aromatic rings. The second-order valence-electron chi connectivity index (χ2n) is 9.63. The van der Waals surface area contributed by atoms with Crippen LogP contribution < -0.4 is 15.5 Å². The Kier molecular flexibility index (Phi) is 8.86. The van der Waals surface area contributed by atoms with Crippen molar-refractivity contribution in [2.45, 2.75) is 45.7 Å². The van der Waals surface area contributed by atoms with Gasteiger partial charge in [-0.25, -0.2) is 0 Å². The number of hydrogen-bond donors (Lipinski definition) is 2. The number of nitrogens with one attached hydrogen (secondary N) is 2. The molecule has 2 saturated heterocycles. The Labute approximate surface area is 197 Å². The minimum Gasteiger partial charge on any atom is -0.373 e. The van der Waals surface area contributed by atoms with Gasteiger partial charge in [0.25, 0.3) is 5.91 Å². The van der Waals surface area contributed by atoms with E-state index in [9.17, 15) is 14.4 Å². The molecule has 3 atom stereocenters. The molecular weight excluding hydrogens is 420 g/mol. The fourth-order valence-corrected chi connectivity index (χ4v) is 4.40. The van der Waals surface area contributed by atoms with Gasteiger partial charge in [-0.05, 0) is 50.1 Å². The molecule has 8 nitrogen and oxygen atoms in total. The van der Waals surface area contributed by atoms with E-state index in [1.165, 1.54) is 0 Å². The molecule has 0 aliphatic carbocycles. The number of amides is 2. The van der Waals surface area contributed by atoms with Crippen molar-refractivity contribution in [3.8, 4) is 0 Å². The normalized spacial score (nSPS) is 22.8. The van der Waals surface area contributed by atoms with Crippen molar-refractivity contribution in [1.29, 1.82) is 0 Å². The van der Waals surface area contributed by atoms with Gasteiger partial charge in [0.15, 0.2) is 5.78 Å². The summed E-state index contributed by atoms with van der Waals surface area (Å²) < 4.78 is 5.33. The highest BCUT2D eigenvalue weighted by atomic mass is 16.5. The molecule has 0 spiro atoms. The lowest BCUT2D eigenvalue weighted by atomic mass is 9.91. The van der Waals surface area contributed by atoms with Crippen LogP contribution in [0.15, 0.2) is 24.3 Å². The standard InChI is InChI=1S/C25H38N4O4/c1-5-18-15-33-16-22(30)23(18)27-25(32)21(14-17(2)3)26-24(31)19-6-8-20(9-7-19)29-12-10-28(4)11-13-29/h6-9,17-18,21,23H,5,10-16H2,1-4H3,(H,26,31)(H,27,32)/t18-,21+,23+/m1/s1. The van der Waals surface area contributed by atoms with Gasteiger partial charge in [-0.1, -0.05) is 20.8 Å². The number of likely N-dealkylation sites (N-methyl/N-ethyl adjacent to an activating group) is 1. The fourth-order valence-electron chi connectivity index (χ4n) is 4.40. The van der Waals surface area contributed by atoms with E-state index in [2.05, 4.69) is 27.5 Å². The summed E-state index contributed by atoms with van der Waals surface area (Å²) in [5.41, 5.74) is 1.61. The van der Waals surface area contributed by atoms with E-state index in [0.717, 1.165) is 38.3 Å². The van der Waals surface area contributed by atoms with E-state index < -0.39 is 12.1 Å². The Bertz CT molecular complexity index is 818. The predicted octanol–water partition coefficient (Wildman–Crippen LogP) is 1.69. The first-order valence-corrected chi connectivity index (χ1v) is 12.0. The van der Waals surface area contributed by atoms with Crippen molar-refractivity contribution in [3.63, 3.8) is 0 Å². The summed E-state index contributed by atoms with van der Waals surface area (Å²) in [7, 11) is 2.12. The third-order valence-electron chi connectivity index (χ3n) is 6.54. The van der Waals surface area contributed by atoms with Gasteiger partial charge in [0, 0.05) is 43.3 Å². The highest BCUT2D eigenvalue weighted by Crippen LogP contribution is 2.19. The lowest BCUT2D eigenvalue weighted by Crippen LogP contribution is -2.56. The molecule has 2 aliphatic rings. The molecule has 0 unspecified atom stereocenters. The topological polar surface area (TPSA) is 91.0 Å². The van der Waals surface area contributed by atoms with Crippen LogP contribution in [-0.4, -0.2) is 81.0 Å². The van der Waals surface area contributed by atoms with E-state index in [-0.39, 0.29) is 36.0 Å². The van der Waals surface area contributed by atoms with Gasteiger partial charge in [0.2, 0.25) is 5.91 Å². The van der Waals surface area contributed by atoms with Crippen LogP contribution in [0.4, 0.5) is 5.69 Å². The monoisotopic (exact) mass is 458 g/mol. The predicted molar refractivity (Wildman–Crippen MR) is 128 cm³/mol. The Morgan fingerprint density at radius 3 is 2.39 bits per heavy atom. The number of piperazine rings is 1. The number of rotatable bonds is 8. The zero-order valence-electron chi connectivity index (χ0n) is 20.3. The maximum Gasteiger partial charge on any atom is 0.251 e. The van der Waals surface area contributed by atoms with E-state index in [4.69, 9.17) is 4.74 Å². The molecule has 2 heterocycles. The third kappa shape index (κ3) is 6.77. The lowest BCUT2D eigenvalue weighted by Gasteiger charge is -2.34. The summed E-state index contributed by atoms with van der Waals surface area (Å²) in [6.45, 7) is 10.4. The molecule has 33 heavy (non-hydrogen) atoms. The molecule has 8 heteroatoms. The van der Waals surface area contributed by atoms with Gasteiger partial charge in [-0.2, -0.15) is 0 Å². The summed E-state index contributed by atoms with van der Waals surface area (Å²) in [4.78, 5) is 43.0. The number of ether oxygens (including phenoxy) is 1. The number of benzene rings is 1. The van der Waals surface area contributed by atoms with Crippen molar-refractivity contribution in [2.75, 3.05) is 51.3 Å². The van der Waals surface area contributed by atoms with Gasteiger partial charge < -0.3 is 25.2 Å². The molecule has 0 aromatic heterocycles. The van der Waals surface area contributed by atoms with Gasteiger partial charge in [0.05, 0.1) is 12.6 Å². The van der Waals surface area contributed by atoms with Gasteiger partial charge in [-0.3, -0.25) is 14.4 Å². The first kappa shape index (κ1) is 25.2. The van der Waals surface area contributed by atoms with Crippen LogP contribution in [0.25, 0.3) is 0 Å². The average Bonchev–Trinajstić information content (AvgIpc) is 2.80. The number of hydrogen-bond acceptors (Lipinski definition) is 6. The third-order valence-corrected chi connectivity index (χ3v) is 6.54. The highest BCUT2D eigenvalue weighted by molar-refractivity contribution is 5.99. The quantitative estimate of drug-likeness (QED) is 0.616. The van der Waals surface area contributed by atoms with Crippen molar-refractivity contribution in [2.24, 2.45) is 11.8 Å². The molecule has 3 rings (SSSR count). The van der Waals surface area contributed by atoms with Crippen LogP contribution in [-0.2, 0) is 14.3 Å². The Hall–Kier alpha value is -2.45. The molecular formula is C25H38N4O4. The molecule has 2 fully saturated rings. The number of carbonyl (C=O) groups excluding carboxylic acids is 3. The molecule has 0 saturated carbocycles. The van der Waals surface area contributed by atoms with E-state index in [0.29, 0.717) is 18.6 Å². The minimum absolute atomic E-state index is 0.0162. The second kappa shape index (κ2) is 11.6. The van der Waals surface area contributed by atoms with Crippen LogP contribution in [0.1, 0.15) is 44.0 Å². The average molecular weight is 459 g/mol. The fraction of sp³-hybridized carbons (Fsp3) is 0.640. The van der Waals surface area contributed by atoms with Gasteiger partial charge in [0.1, 0.15) is 12.6 Å².